The summed E-state index contributed by atoms with van der Waals surface area (Å²) in [6, 6.07) is 11.1. The quantitative estimate of drug-likeness (QED) is 0.867. The molecule has 4 atom stereocenters. The summed E-state index contributed by atoms with van der Waals surface area (Å²) in [5, 5.41) is 0. The van der Waals surface area contributed by atoms with Crippen molar-refractivity contribution in [3.05, 3.63) is 35.9 Å². The van der Waals surface area contributed by atoms with Crippen LogP contribution in [0.5, 0.6) is 0 Å². The highest BCUT2D eigenvalue weighted by Crippen LogP contribution is 2.39. The molecule has 0 spiro atoms. The van der Waals surface area contributed by atoms with E-state index < -0.39 is 11.4 Å². The second kappa shape index (κ2) is 6.52. The van der Waals surface area contributed by atoms with Crippen LogP contribution in [0.1, 0.15) is 39.2 Å². The zero-order valence-corrected chi connectivity index (χ0v) is 14.7. The van der Waals surface area contributed by atoms with Crippen LogP contribution < -0.4 is 4.72 Å². The van der Waals surface area contributed by atoms with Crippen LogP contribution in [-0.4, -0.2) is 33.3 Å². The minimum absolute atomic E-state index is 0.180. The molecule has 2 fully saturated rings. The summed E-state index contributed by atoms with van der Waals surface area (Å²) in [7, 11) is 0. The monoisotopic (exact) mass is 320 g/mol. The molecule has 4 heteroatoms. The zero-order valence-electron chi connectivity index (χ0n) is 13.9. The van der Waals surface area contributed by atoms with Gasteiger partial charge in [0.1, 0.15) is 4.75 Å². The van der Waals surface area contributed by atoms with Crippen molar-refractivity contribution in [2.75, 3.05) is 13.1 Å². The van der Waals surface area contributed by atoms with Crippen LogP contribution in [-0.2, 0) is 17.9 Å². The van der Waals surface area contributed by atoms with E-state index in [0.717, 1.165) is 19.0 Å². The highest BCUT2D eigenvalue weighted by Gasteiger charge is 2.45. The number of likely N-dealkylation sites (tertiary alicyclic amines) is 1. The summed E-state index contributed by atoms with van der Waals surface area (Å²) in [6.07, 6.45) is 2.45. The Morgan fingerprint density at radius 3 is 2.59 bits per heavy atom. The van der Waals surface area contributed by atoms with Gasteiger partial charge < -0.3 is 4.55 Å². The Labute approximate surface area is 137 Å². The molecule has 0 aromatic heterocycles. The third kappa shape index (κ3) is 3.67. The lowest BCUT2D eigenvalue weighted by Crippen LogP contribution is -2.47. The summed E-state index contributed by atoms with van der Waals surface area (Å²) in [4.78, 5) is 2.57. The first-order valence-electron chi connectivity index (χ1n) is 8.38. The fourth-order valence-corrected chi connectivity index (χ4v) is 4.71. The predicted molar refractivity (Wildman–Crippen MR) is 92.8 cm³/mol. The molecular weight excluding hydrogens is 292 g/mol. The molecule has 122 valence electrons. The third-order valence-corrected chi connectivity index (χ3v) is 6.63. The molecule has 1 aliphatic carbocycles. The van der Waals surface area contributed by atoms with Gasteiger partial charge in [0.15, 0.2) is 0 Å². The van der Waals surface area contributed by atoms with E-state index in [1.165, 1.54) is 24.9 Å². The fourth-order valence-electron chi connectivity index (χ4n) is 3.79. The van der Waals surface area contributed by atoms with Crippen molar-refractivity contribution in [3.63, 3.8) is 0 Å². The number of nitrogens with zero attached hydrogens (tertiary/aromatic N) is 1. The summed E-state index contributed by atoms with van der Waals surface area (Å²) >= 11 is -0.954. The van der Waals surface area contributed by atoms with Crippen LogP contribution in [0, 0.1) is 11.8 Å². The second-order valence-corrected chi connectivity index (χ2v) is 9.78. The van der Waals surface area contributed by atoms with E-state index in [2.05, 4.69) is 40.0 Å². The number of fused-ring (bicyclic) bond motifs is 1. The Morgan fingerprint density at radius 2 is 1.91 bits per heavy atom. The number of benzene rings is 1. The maximum atomic E-state index is 12.4. The predicted octanol–water partition coefficient (Wildman–Crippen LogP) is 2.95. The molecule has 1 saturated carbocycles. The SMILES string of the molecule is CC(C)(C)[S+]([O-])N[C@H]1CC[C@H]2CN(Cc3ccccc3)C[C@H]21. The Kier molecular flexibility index (Phi) is 4.83. The highest BCUT2D eigenvalue weighted by molar-refractivity contribution is 7.90. The van der Waals surface area contributed by atoms with Gasteiger partial charge >= 0.3 is 0 Å². The van der Waals surface area contributed by atoms with E-state index in [-0.39, 0.29) is 4.75 Å². The Hall–Kier alpha value is -0.550. The second-order valence-electron chi connectivity index (χ2n) is 7.79. The Bertz CT molecular complexity index is 488. The maximum absolute atomic E-state index is 12.4. The van der Waals surface area contributed by atoms with Crippen molar-refractivity contribution >= 4 is 11.4 Å². The van der Waals surface area contributed by atoms with Crippen LogP contribution in [0.15, 0.2) is 30.3 Å². The van der Waals surface area contributed by atoms with Gasteiger partial charge in [0, 0.05) is 31.0 Å². The maximum Gasteiger partial charge on any atom is 0.136 e. The summed E-state index contributed by atoms with van der Waals surface area (Å²) in [5.41, 5.74) is 1.39. The van der Waals surface area contributed by atoms with Gasteiger partial charge in [-0.1, -0.05) is 30.3 Å². The van der Waals surface area contributed by atoms with Gasteiger partial charge in [0.2, 0.25) is 0 Å². The van der Waals surface area contributed by atoms with Crippen molar-refractivity contribution in [2.45, 2.75) is 50.9 Å². The van der Waals surface area contributed by atoms with Gasteiger partial charge in [-0.2, -0.15) is 0 Å². The molecule has 1 N–H and O–H groups in total. The summed E-state index contributed by atoms with van der Waals surface area (Å²) in [6.45, 7) is 9.50. The number of hydrogen-bond acceptors (Lipinski definition) is 3. The van der Waals surface area contributed by atoms with Crippen molar-refractivity contribution in [1.82, 2.24) is 9.62 Å². The Balaban J connectivity index is 1.57. The van der Waals surface area contributed by atoms with Gasteiger partial charge in [0.05, 0.1) is 6.04 Å². The first-order valence-corrected chi connectivity index (χ1v) is 9.53. The van der Waals surface area contributed by atoms with Crippen LogP contribution in [0.2, 0.25) is 0 Å². The van der Waals surface area contributed by atoms with Crippen LogP contribution in [0.3, 0.4) is 0 Å². The zero-order chi connectivity index (χ0) is 15.7. The van der Waals surface area contributed by atoms with Crippen LogP contribution >= 0.6 is 0 Å². The van der Waals surface area contributed by atoms with Crippen molar-refractivity contribution in [3.8, 4) is 0 Å². The summed E-state index contributed by atoms with van der Waals surface area (Å²) < 4.78 is 15.6. The molecule has 22 heavy (non-hydrogen) atoms. The van der Waals surface area contributed by atoms with E-state index >= 15 is 0 Å². The molecule has 0 amide bonds. The first-order chi connectivity index (χ1) is 10.4. The molecule has 2 aliphatic rings. The molecule has 1 aromatic rings. The fraction of sp³-hybridized carbons (Fsp3) is 0.667. The van der Waals surface area contributed by atoms with Crippen LogP contribution in [0.4, 0.5) is 0 Å². The van der Waals surface area contributed by atoms with Gasteiger partial charge in [-0.25, -0.2) is 0 Å². The Morgan fingerprint density at radius 1 is 1.18 bits per heavy atom. The minimum Gasteiger partial charge on any atom is -0.598 e. The van der Waals surface area contributed by atoms with Gasteiger partial charge in [-0.05, 0) is 51.0 Å². The largest absolute Gasteiger partial charge is 0.598 e. The van der Waals surface area contributed by atoms with E-state index in [0.29, 0.717) is 12.0 Å². The van der Waals surface area contributed by atoms with E-state index in [4.69, 9.17) is 0 Å². The smallest absolute Gasteiger partial charge is 0.136 e. The molecule has 1 aromatic carbocycles. The standard InChI is InChI=1S/C18H28N2OS/c1-18(2,3)22(21)19-17-10-9-15-12-20(13-16(15)17)11-14-7-5-4-6-8-14/h4-8,15-17,19H,9-13H2,1-3H3/t15-,16+,17-,22?/m0/s1. The topological polar surface area (TPSA) is 38.3 Å². The van der Waals surface area contributed by atoms with Crippen molar-refractivity contribution in [2.24, 2.45) is 11.8 Å². The molecule has 1 heterocycles. The average molecular weight is 321 g/mol. The molecule has 1 aliphatic heterocycles. The molecule has 1 unspecified atom stereocenters. The van der Waals surface area contributed by atoms with E-state index in [9.17, 15) is 4.55 Å². The molecule has 3 rings (SSSR count). The average Bonchev–Trinajstić information content (AvgIpc) is 3.00. The molecule has 0 bridgehead atoms. The van der Waals surface area contributed by atoms with Gasteiger partial charge in [0.25, 0.3) is 0 Å². The van der Waals surface area contributed by atoms with Crippen molar-refractivity contribution < 1.29 is 4.55 Å². The highest BCUT2D eigenvalue weighted by atomic mass is 32.2. The number of rotatable bonds is 4. The molecular formula is C18H28N2OS. The van der Waals surface area contributed by atoms with Gasteiger partial charge in [-0.15, -0.1) is 4.72 Å². The normalized spacial score (nSPS) is 30.5. The lowest BCUT2D eigenvalue weighted by molar-refractivity contribution is 0.295. The van der Waals surface area contributed by atoms with Crippen molar-refractivity contribution in [1.29, 1.82) is 0 Å². The lowest BCUT2D eigenvalue weighted by atomic mass is 9.98. The van der Waals surface area contributed by atoms with E-state index in [1.54, 1.807) is 0 Å². The molecule has 0 radical (unpaired) electrons. The van der Waals surface area contributed by atoms with Crippen LogP contribution in [0.25, 0.3) is 0 Å². The summed E-state index contributed by atoms with van der Waals surface area (Å²) in [5.74, 6) is 1.44. The van der Waals surface area contributed by atoms with Gasteiger partial charge in [-0.3, -0.25) is 4.90 Å². The lowest BCUT2D eigenvalue weighted by Gasteiger charge is -2.28. The third-order valence-electron chi connectivity index (χ3n) is 5.00. The molecule has 1 saturated heterocycles. The first kappa shape index (κ1) is 16.3. The molecule has 3 nitrogen and oxygen atoms in total. The number of nitrogens with one attached hydrogen (secondary N) is 1. The minimum atomic E-state index is -0.954. The van der Waals surface area contributed by atoms with E-state index in [1.807, 2.05) is 20.8 Å². The number of hydrogen-bond donors (Lipinski definition) is 1.